The van der Waals surface area contributed by atoms with E-state index in [1.54, 1.807) is 0 Å². The number of carboxylic acid groups (broad SMARTS) is 1. The van der Waals surface area contributed by atoms with Gasteiger partial charge >= 0.3 is 5.97 Å². The van der Waals surface area contributed by atoms with E-state index >= 15 is 0 Å². The highest BCUT2D eigenvalue weighted by Gasteiger charge is 2.34. The smallest absolute Gasteiger partial charge is 0.329 e. The van der Waals surface area contributed by atoms with Gasteiger partial charge in [0.2, 0.25) is 12.3 Å². The summed E-state index contributed by atoms with van der Waals surface area (Å²) in [4.78, 5) is 30.9. The van der Waals surface area contributed by atoms with Gasteiger partial charge in [-0.25, -0.2) is 4.79 Å². The SMILES string of the molecule is C[C@@](CC(N)=O)(NC=O)C(=O)O. The fraction of sp³-hybridized carbons (Fsp3) is 0.500. The van der Waals surface area contributed by atoms with Gasteiger partial charge in [0.1, 0.15) is 5.54 Å². The zero-order chi connectivity index (χ0) is 9.78. The van der Waals surface area contributed by atoms with Crippen LogP contribution in [0, 0.1) is 0 Å². The third-order valence-electron chi connectivity index (χ3n) is 1.38. The first kappa shape index (κ1) is 10.4. The van der Waals surface area contributed by atoms with E-state index in [0.717, 1.165) is 0 Å². The van der Waals surface area contributed by atoms with E-state index in [4.69, 9.17) is 10.8 Å². The van der Waals surface area contributed by atoms with Crippen molar-refractivity contribution in [2.24, 2.45) is 5.73 Å². The minimum atomic E-state index is -1.60. The lowest BCUT2D eigenvalue weighted by molar-refractivity contribution is -0.147. The number of amides is 2. The highest BCUT2D eigenvalue weighted by molar-refractivity contribution is 5.88. The van der Waals surface area contributed by atoms with Gasteiger partial charge in [-0.05, 0) is 6.92 Å². The van der Waals surface area contributed by atoms with Crippen LogP contribution >= 0.6 is 0 Å². The van der Waals surface area contributed by atoms with Gasteiger partial charge in [-0.2, -0.15) is 0 Å². The minimum Gasteiger partial charge on any atom is -0.480 e. The van der Waals surface area contributed by atoms with Crippen LogP contribution in [0.5, 0.6) is 0 Å². The Bertz CT molecular complexity index is 216. The zero-order valence-electron chi connectivity index (χ0n) is 6.53. The molecule has 2 amide bonds. The zero-order valence-corrected chi connectivity index (χ0v) is 6.53. The first-order valence-electron chi connectivity index (χ1n) is 3.15. The second-order valence-electron chi connectivity index (χ2n) is 2.54. The summed E-state index contributed by atoms with van der Waals surface area (Å²) in [6, 6.07) is 0. The van der Waals surface area contributed by atoms with Gasteiger partial charge < -0.3 is 16.2 Å². The summed E-state index contributed by atoms with van der Waals surface area (Å²) in [5, 5.41) is 10.6. The van der Waals surface area contributed by atoms with E-state index in [1.165, 1.54) is 6.92 Å². The molecule has 4 N–H and O–H groups in total. The lowest BCUT2D eigenvalue weighted by atomic mass is 9.98. The summed E-state index contributed by atoms with van der Waals surface area (Å²) in [6.45, 7) is 1.20. The van der Waals surface area contributed by atoms with Crippen LogP contribution in [0.3, 0.4) is 0 Å². The number of carbonyl (C=O) groups excluding carboxylic acids is 2. The van der Waals surface area contributed by atoms with Crippen LogP contribution in [0.4, 0.5) is 0 Å². The lowest BCUT2D eigenvalue weighted by Gasteiger charge is -2.21. The van der Waals surface area contributed by atoms with Gasteiger partial charge in [-0.3, -0.25) is 9.59 Å². The molecule has 0 heterocycles. The van der Waals surface area contributed by atoms with E-state index in [9.17, 15) is 14.4 Å². The maximum atomic E-state index is 10.5. The highest BCUT2D eigenvalue weighted by Crippen LogP contribution is 2.07. The van der Waals surface area contributed by atoms with Crippen molar-refractivity contribution >= 4 is 18.3 Å². The van der Waals surface area contributed by atoms with Gasteiger partial charge in [-0.1, -0.05) is 0 Å². The highest BCUT2D eigenvalue weighted by atomic mass is 16.4. The summed E-state index contributed by atoms with van der Waals surface area (Å²) in [7, 11) is 0. The molecule has 0 aliphatic carbocycles. The molecule has 0 aliphatic heterocycles. The van der Waals surface area contributed by atoms with E-state index in [2.05, 4.69) is 0 Å². The number of carbonyl (C=O) groups is 3. The summed E-state index contributed by atoms with van der Waals surface area (Å²) in [6.07, 6.45) is -0.210. The van der Waals surface area contributed by atoms with Crippen molar-refractivity contribution in [3.63, 3.8) is 0 Å². The van der Waals surface area contributed by atoms with Crippen molar-refractivity contribution in [3.05, 3.63) is 0 Å². The van der Waals surface area contributed by atoms with Gasteiger partial charge in [0.15, 0.2) is 0 Å². The third-order valence-corrected chi connectivity index (χ3v) is 1.38. The average molecular weight is 174 g/mol. The number of hydrogen-bond donors (Lipinski definition) is 3. The monoisotopic (exact) mass is 174 g/mol. The summed E-state index contributed by atoms with van der Waals surface area (Å²) >= 11 is 0. The van der Waals surface area contributed by atoms with Crippen molar-refractivity contribution < 1.29 is 19.5 Å². The van der Waals surface area contributed by atoms with Crippen LogP contribution in [-0.2, 0) is 14.4 Å². The van der Waals surface area contributed by atoms with Gasteiger partial charge in [0.25, 0.3) is 0 Å². The maximum Gasteiger partial charge on any atom is 0.329 e. The molecule has 0 radical (unpaired) electrons. The molecule has 6 heteroatoms. The molecule has 0 aromatic heterocycles. The fourth-order valence-electron chi connectivity index (χ4n) is 0.667. The Kier molecular flexibility index (Phi) is 3.21. The number of nitrogens with two attached hydrogens (primary N) is 1. The molecule has 0 rings (SSSR count). The molecule has 68 valence electrons. The molecule has 0 unspecified atom stereocenters. The number of primary amides is 1. The largest absolute Gasteiger partial charge is 0.480 e. The van der Waals surface area contributed by atoms with Crippen LogP contribution < -0.4 is 11.1 Å². The number of hydrogen-bond acceptors (Lipinski definition) is 3. The second kappa shape index (κ2) is 3.70. The molecular formula is C6H10N2O4. The molecule has 0 saturated heterocycles. The molecule has 0 saturated carbocycles. The van der Waals surface area contributed by atoms with Crippen molar-refractivity contribution in [1.29, 1.82) is 0 Å². The Morgan fingerprint density at radius 2 is 2.17 bits per heavy atom. The molecule has 0 fully saturated rings. The molecule has 0 spiro atoms. The Morgan fingerprint density at radius 1 is 1.67 bits per heavy atom. The summed E-state index contributed by atoms with van der Waals surface area (Å²) in [5.41, 5.74) is 3.18. The van der Waals surface area contributed by atoms with Crippen LogP contribution in [-0.4, -0.2) is 28.9 Å². The molecule has 6 nitrogen and oxygen atoms in total. The maximum absolute atomic E-state index is 10.5. The first-order chi connectivity index (χ1) is 5.42. The van der Waals surface area contributed by atoms with E-state index in [-0.39, 0.29) is 6.41 Å². The molecule has 0 aromatic rings. The van der Waals surface area contributed by atoms with Crippen LogP contribution in [0.15, 0.2) is 0 Å². The van der Waals surface area contributed by atoms with Crippen LogP contribution in [0.2, 0.25) is 0 Å². The van der Waals surface area contributed by atoms with Crippen molar-refractivity contribution in [2.75, 3.05) is 0 Å². The number of nitrogens with one attached hydrogen (secondary N) is 1. The molecule has 1 atom stereocenters. The van der Waals surface area contributed by atoms with E-state index < -0.39 is 23.8 Å². The first-order valence-corrected chi connectivity index (χ1v) is 3.15. The van der Waals surface area contributed by atoms with E-state index in [1.807, 2.05) is 5.32 Å². The quantitative estimate of drug-likeness (QED) is 0.438. The molecule has 12 heavy (non-hydrogen) atoms. The van der Waals surface area contributed by atoms with Crippen LogP contribution in [0.1, 0.15) is 13.3 Å². The van der Waals surface area contributed by atoms with E-state index in [0.29, 0.717) is 0 Å². The third kappa shape index (κ3) is 2.57. The molecule has 0 bridgehead atoms. The second-order valence-corrected chi connectivity index (χ2v) is 2.54. The van der Waals surface area contributed by atoms with Crippen LogP contribution in [0.25, 0.3) is 0 Å². The Labute approximate surface area is 68.7 Å². The fourth-order valence-corrected chi connectivity index (χ4v) is 0.667. The normalized spacial score (nSPS) is 14.4. The average Bonchev–Trinajstić information content (AvgIpc) is 1.85. The predicted octanol–water partition coefficient (Wildman–Crippen LogP) is -1.55. The minimum absolute atomic E-state index is 0.219. The van der Waals surface area contributed by atoms with Crippen molar-refractivity contribution in [2.45, 2.75) is 18.9 Å². The van der Waals surface area contributed by atoms with Gasteiger partial charge in [-0.15, -0.1) is 0 Å². The van der Waals surface area contributed by atoms with Crippen molar-refractivity contribution in [3.8, 4) is 0 Å². The summed E-state index contributed by atoms with van der Waals surface area (Å²) in [5.74, 6) is -2.08. The van der Waals surface area contributed by atoms with Crippen molar-refractivity contribution in [1.82, 2.24) is 5.32 Å². The molecule has 0 aliphatic rings. The molecule has 0 aromatic carbocycles. The topological polar surface area (TPSA) is 109 Å². The summed E-state index contributed by atoms with van der Waals surface area (Å²) < 4.78 is 0. The predicted molar refractivity (Wildman–Crippen MR) is 39.1 cm³/mol. The van der Waals surface area contributed by atoms with Gasteiger partial charge in [0, 0.05) is 0 Å². The Balaban J connectivity index is 4.49. The standard InChI is InChI=1S/C6H10N2O4/c1-6(5(11)12,8-3-9)2-4(7)10/h3H,2H2,1H3,(H2,7,10)(H,8,9)(H,11,12)/t6-/m0/s1. The van der Waals surface area contributed by atoms with Gasteiger partial charge in [0.05, 0.1) is 6.42 Å². The number of aliphatic carboxylic acids is 1. The molecular weight excluding hydrogens is 164 g/mol. The Morgan fingerprint density at radius 3 is 2.42 bits per heavy atom. The number of rotatable bonds is 5. The lowest BCUT2D eigenvalue weighted by Crippen LogP contribution is -2.51. The number of carboxylic acids is 1. The Hall–Kier alpha value is -1.59.